The lowest BCUT2D eigenvalue weighted by Crippen LogP contribution is -2.37. The van der Waals surface area contributed by atoms with Crippen LogP contribution in [0, 0.1) is 5.82 Å². The minimum Gasteiger partial charge on any atom is -0.478 e. The fourth-order valence-electron chi connectivity index (χ4n) is 5.24. The van der Waals surface area contributed by atoms with Gasteiger partial charge >= 0.3 is 5.97 Å². The molecule has 1 aromatic heterocycles. The minimum absolute atomic E-state index is 0.0461. The Morgan fingerprint density at radius 2 is 1.82 bits per heavy atom. The van der Waals surface area contributed by atoms with E-state index in [-0.39, 0.29) is 30.3 Å². The number of benzene rings is 3. The number of ether oxygens (including phenoxy) is 2. The second-order valence-electron chi connectivity index (χ2n) is 9.64. The Bertz CT molecular complexity index is 1630. The van der Waals surface area contributed by atoms with Crippen LogP contribution >= 0.6 is 11.6 Å². The highest BCUT2D eigenvalue weighted by molar-refractivity contribution is 6.34. The number of rotatable bonds is 4. The number of amides is 1. The molecule has 6 rings (SSSR count). The van der Waals surface area contributed by atoms with Gasteiger partial charge in [0.2, 0.25) is 0 Å². The number of halogens is 2. The van der Waals surface area contributed by atoms with Gasteiger partial charge in [-0.1, -0.05) is 29.8 Å². The van der Waals surface area contributed by atoms with Crippen molar-refractivity contribution in [3.8, 4) is 16.9 Å². The lowest BCUT2D eigenvalue weighted by molar-refractivity contribution is 0.0516. The number of morpholine rings is 1. The van der Waals surface area contributed by atoms with Crippen LogP contribution in [0.4, 0.5) is 10.1 Å². The van der Waals surface area contributed by atoms with Crippen LogP contribution in [0.2, 0.25) is 5.02 Å². The number of para-hydroxylation sites is 1. The zero-order valence-corrected chi connectivity index (χ0v) is 21.9. The molecule has 2 aliphatic rings. The van der Waals surface area contributed by atoms with Gasteiger partial charge in [-0.05, 0) is 30.3 Å². The van der Waals surface area contributed by atoms with Gasteiger partial charge in [-0.2, -0.15) is 0 Å². The zero-order chi connectivity index (χ0) is 27.3. The van der Waals surface area contributed by atoms with E-state index in [1.54, 1.807) is 35.2 Å². The Labute approximate surface area is 228 Å². The van der Waals surface area contributed by atoms with Gasteiger partial charge in [-0.15, -0.1) is 0 Å². The highest BCUT2D eigenvalue weighted by Crippen LogP contribution is 2.40. The first-order chi connectivity index (χ1) is 18.8. The van der Waals surface area contributed by atoms with E-state index in [4.69, 9.17) is 21.1 Å². The lowest BCUT2D eigenvalue weighted by atomic mass is 9.97. The van der Waals surface area contributed by atoms with E-state index in [1.807, 2.05) is 34.8 Å². The molecule has 1 N–H and O–H groups in total. The molecule has 1 fully saturated rings. The maximum absolute atomic E-state index is 15.4. The summed E-state index contributed by atoms with van der Waals surface area (Å²) in [5, 5.41) is 11.0. The number of carboxylic acid groups (broad SMARTS) is 1. The summed E-state index contributed by atoms with van der Waals surface area (Å²) in [7, 11) is 1.90. The number of aromatic carboxylic acids is 1. The van der Waals surface area contributed by atoms with E-state index in [1.165, 1.54) is 0 Å². The molecule has 0 atom stereocenters. The van der Waals surface area contributed by atoms with Gasteiger partial charge in [0.25, 0.3) is 5.91 Å². The van der Waals surface area contributed by atoms with Crippen LogP contribution in [-0.4, -0.2) is 59.5 Å². The normalized spacial score (nSPS) is 15.3. The molecule has 0 bridgehead atoms. The summed E-state index contributed by atoms with van der Waals surface area (Å²) in [6.07, 6.45) is 1.91. The molecule has 10 heteroatoms. The van der Waals surface area contributed by atoms with Crippen molar-refractivity contribution in [1.29, 1.82) is 0 Å². The Morgan fingerprint density at radius 1 is 1.03 bits per heavy atom. The van der Waals surface area contributed by atoms with Crippen LogP contribution in [0.25, 0.3) is 22.0 Å². The largest absolute Gasteiger partial charge is 0.478 e. The van der Waals surface area contributed by atoms with E-state index in [0.717, 1.165) is 17.0 Å². The molecule has 200 valence electrons. The number of carboxylic acids is 1. The van der Waals surface area contributed by atoms with Gasteiger partial charge in [0.1, 0.15) is 11.6 Å². The average molecular weight is 550 g/mol. The number of aryl methyl sites for hydroxylation is 1. The van der Waals surface area contributed by atoms with Gasteiger partial charge in [0.15, 0.2) is 6.73 Å². The van der Waals surface area contributed by atoms with Crippen molar-refractivity contribution in [2.75, 3.05) is 37.9 Å². The molecule has 3 heterocycles. The standard InChI is InChI=1S/C29H25ClFN3O5/c1-32-6-5-17-11-23(30)21(14-25(17)32)28(35)34-15-18-3-2-4-19(27(18)39-16-34)20-13-26(33-7-9-38-10-8-33)22(29(36)37)12-24(20)31/h2-6,11-14H,7-10,15-16H2,1H3,(H,36,37). The number of carbonyl (C=O) groups is 2. The highest BCUT2D eigenvalue weighted by atomic mass is 35.5. The van der Waals surface area contributed by atoms with E-state index < -0.39 is 11.8 Å². The number of aromatic nitrogens is 1. The molecule has 8 nitrogen and oxygen atoms in total. The van der Waals surface area contributed by atoms with Gasteiger partial charge in [0.05, 0.1) is 41.6 Å². The molecule has 1 amide bonds. The summed E-state index contributed by atoms with van der Waals surface area (Å²) in [6, 6.07) is 13.4. The Balaban J connectivity index is 1.34. The van der Waals surface area contributed by atoms with Crippen LogP contribution in [0.1, 0.15) is 26.3 Å². The van der Waals surface area contributed by atoms with Crippen LogP contribution < -0.4 is 9.64 Å². The number of fused-ring (bicyclic) bond motifs is 2. The summed E-state index contributed by atoms with van der Waals surface area (Å²) >= 11 is 6.47. The maximum atomic E-state index is 15.4. The van der Waals surface area contributed by atoms with Crippen molar-refractivity contribution < 1.29 is 28.6 Å². The van der Waals surface area contributed by atoms with Crippen molar-refractivity contribution in [3.63, 3.8) is 0 Å². The van der Waals surface area contributed by atoms with Crippen molar-refractivity contribution in [2.45, 2.75) is 6.54 Å². The van der Waals surface area contributed by atoms with E-state index in [2.05, 4.69) is 0 Å². The van der Waals surface area contributed by atoms with E-state index in [9.17, 15) is 14.7 Å². The fourth-order valence-corrected chi connectivity index (χ4v) is 5.50. The monoisotopic (exact) mass is 549 g/mol. The number of hydrogen-bond acceptors (Lipinski definition) is 5. The highest BCUT2D eigenvalue weighted by Gasteiger charge is 2.29. The topological polar surface area (TPSA) is 84.2 Å². The molecule has 0 radical (unpaired) electrons. The molecule has 39 heavy (non-hydrogen) atoms. The summed E-state index contributed by atoms with van der Waals surface area (Å²) < 4.78 is 28.8. The third kappa shape index (κ3) is 4.47. The quantitative estimate of drug-likeness (QED) is 0.378. The molecule has 2 aliphatic heterocycles. The maximum Gasteiger partial charge on any atom is 0.337 e. The third-order valence-electron chi connectivity index (χ3n) is 7.27. The molecule has 0 aliphatic carbocycles. The smallest absolute Gasteiger partial charge is 0.337 e. The van der Waals surface area contributed by atoms with E-state index >= 15 is 4.39 Å². The summed E-state index contributed by atoms with van der Waals surface area (Å²) in [5.41, 5.74) is 3.02. The van der Waals surface area contributed by atoms with Crippen LogP contribution in [0.3, 0.4) is 0 Å². The second kappa shape index (κ2) is 9.91. The predicted molar refractivity (Wildman–Crippen MR) is 145 cm³/mol. The lowest BCUT2D eigenvalue weighted by Gasteiger charge is -2.32. The fraction of sp³-hybridized carbons (Fsp3) is 0.241. The van der Waals surface area contributed by atoms with Crippen molar-refractivity contribution in [3.05, 3.63) is 82.3 Å². The van der Waals surface area contributed by atoms with Gasteiger partial charge in [0, 0.05) is 53.9 Å². The Hall–Kier alpha value is -4.08. The molecular formula is C29H25ClFN3O5. The number of hydrogen-bond donors (Lipinski definition) is 1. The first-order valence-electron chi connectivity index (χ1n) is 12.5. The van der Waals surface area contributed by atoms with Gasteiger partial charge < -0.3 is 28.9 Å². The molecule has 0 unspecified atom stereocenters. The zero-order valence-electron chi connectivity index (χ0n) is 21.1. The predicted octanol–water partition coefficient (Wildman–Crippen LogP) is 5.16. The first-order valence-corrected chi connectivity index (χ1v) is 12.9. The number of carbonyl (C=O) groups excluding carboxylic acids is 1. The van der Waals surface area contributed by atoms with Crippen molar-refractivity contribution >= 4 is 40.1 Å². The molecule has 1 saturated heterocycles. The molecule has 4 aromatic rings. The van der Waals surface area contributed by atoms with Crippen molar-refractivity contribution in [1.82, 2.24) is 9.47 Å². The Morgan fingerprint density at radius 3 is 2.59 bits per heavy atom. The summed E-state index contributed by atoms with van der Waals surface area (Å²) in [4.78, 5) is 28.8. The number of nitrogens with zero attached hydrogens (tertiary/aromatic N) is 3. The summed E-state index contributed by atoms with van der Waals surface area (Å²) in [6.45, 7) is 2.12. The van der Waals surface area contributed by atoms with Crippen LogP contribution in [0.5, 0.6) is 5.75 Å². The van der Waals surface area contributed by atoms with Crippen LogP contribution in [-0.2, 0) is 18.3 Å². The summed E-state index contributed by atoms with van der Waals surface area (Å²) in [5.74, 6) is -1.68. The average Bonchev–Trinajstić information content (AvgIpc) is 3.30. The molecule has 0 saturated carbocycles. The van der Waals surface area contributed by atoms with Crippen molar-refractivity contribution in [2.24, 2.45) is 7.05 Å². The Kier molecular flexibility index (Phi) is 6.40. The van der Waals surface area contributed by atoms with E-state index in [0.29, 0.717) is 59.5 Å². The number of anilines is 1. The molecular weight excluding hydrogens is 525 g/mol. The SMILES string of the molecule is Cn1ccc2cc(Cl)c(C(=O)N3COc4c(cccc4-c4cc(N5CCOCC5)c(C(=O)O)cc4F)C3)cc21. The van der Waals surface area contributed by atoms with Crippen LogP contribution in [0.15, 0.2) is 54.7 Å². The van der Waals surface area contributed by atoms with Gasteiger partial charge in [-0.25, -0.2) is 9.18 Å². The van der Waals surface area contributed by atoms with Gasteiger partial charge in [-0.3, -0.25) is 4.79 Å². The molecule has 3 aromatic carbocycles. The second-order valence-corrected chi connectivity index (χ2v) is 10.0. The third-order valence-corrected chi connectivity index (χ3v) is 7.58. The molecule has 0 spiro atoms. The first kappa shape index (κ1) is 25.2. The minimum atomic E-state index is -1.20.